The zero-order valence-corrected chi connectivity index (χ0v) is 16.2. The van der Waals surface area contributed by atoms with Crippen molar-refractivity contribution in [3.8, 4) is 11.1 Å². The Hall–Kier alpha value is -2.52. The molecule has 0 saturated heterocycles. The van der Waals surface area contributed by atoms with Crippen LogP contribution in [0.25, 0.3) is 22.0 Å². The molecule has 0 radical (unpaired) electrons. The maximum absolute atomic E-state index is 12.7. The van der Waals surface area contributed by atoms with E-state index in [2.05, 4.69) is 20.7 Å². The van der Waals surface area contributed by atoms with E-state index in [0.717, 1.165) is 33.6 Å². The fraction of sp³-hybridized carbons (Fsp3) is 0.278. The summed E-state index contributed by atoms with van der Waals surface area (Å²) in [6, 6.07) is 5.82. The Balaban J connectivity index is 1.55. The third-order valence-electron chi connectivity index (χ3n) is 4.88. The predicted octanol–water partition coefficient (Wildman–Crippen LogP) is 3.20. The van der Waals surface area contributed by atoms with Crippen LogP contribution in [0.3, 0.4) is 0 Å². The predicted molar refractivity (Wildman–Crippen MR) is 103 cm³/mol. The van der Waals surface area contributed by atoms with Gasteiger partial charge in [0.2, 0.25) is 0 Å². The Kier molecular flexibility index (Phi) is 3.70. The third kappa shape index (κ3) is 2.96. The molecule has 5 rings (SSSR count). The van der Waals surface area contributed by atoms with Crippen molar-refractivity contribution in [2.45, 2.75) is 29.5 Å². The highest BCUT2D eigenvalue weighted by atomic mass is 32.2. The van der Waals surface area contributed by atoms with E-state index in [1.165, 1.54) is 19.2 Å². The number of hydrogen-bond donors (Lipinski definition) is 0. The van der Waals surface area contributed by atoms with Crippen LogP contribution in [0, 0.1) is 0 Å². The van der Waals surface area contributed by atoms with Gasteiger partial charge < -0.3 is 4.57 Å². The summed E-state index contributed by atoms with van der Waals surface area (Å²) in [5.74, 6) is -0.130. The molecule has 1 aliphatic rings. The van der Waals surface area contributed by atoms with Crippen LogP contribution in [0.1, 0.15) is 23.9 Å². The normalized spacial score (nSPS) is 14.9. The van der Waals surface area contributed by atoms with Gasteiger partial charge in [-0.05, 0) is 36.5 Å². The number of rotatable bonds is 5. The maximum Gasteiger partial charge on any atom is 0.185 e. The minimum atomic E-state index is -3.47. The molecule has 1 aromatic carbocycles. The van der Waals surface area contributed by atoms with E-state index >= 15 is 0 Å². The van der Waals surface area contributed by atoms with Gasteiger partial charge in [0, 0.05) is 41.5 Å². The van der Waals surface area contributed by atoms with Gasteiger partial charge in [-0.2, -0.15) is 9.47 Å². The summed E-state index contributed by atoms with van der Waals surface area (Å²) in [5, 5.41) is 5.98. The molecule has 9 heteroatoms. The number of fused-ring (bicyclic) bond motifs is 1. The molecule has 0 N–H and O–H groups in total. The first-order valence-corrected chi connectivity index (χ1v) is 11.1. The van der Waals surface area contributed by atoms with E-state index in [-0.39, 0.29) is 5.75 Å². The van der Waals surface area contributed by atoms with Crippen LogP contribution in [0.4, 0.5) is 0 Å². The molecular weight excluding hydrogens is 382 g/mol. The number of nitrogens with zero attached hydrogens (tertiary/aromatic N) is 5. The largest absolute Gasteiger partial charge is 0.350 e. The molecule has 0 aliphatic heterocycles. The lowest BCUT2D eigenvalue weighted by molar-refractivity contribution is 0.595. The summed E-state index contributed by atoms with van der Waals surface area (Å²) in [4.78, 5) is 4.28. The van der Waals surface area contributed by atoms with Gasteiger partial charge in [-0.15, -0.1) is 0 Å². The number of aryl methyl sites for hydroxylation is 1. The molecule has 4 aromatic rings. The van der Waals surface area contributed by atoms with Crippen LogP contribution < -0.4 is 0 Å². The second kappa shape index (κ2) is 6.00. The lowest BCUT2D eigenvalue weighted by Gasteiger charge is -2.04. The van der Waals surface area contributed by atoms with Crippen molar-refractivity contribution in [3.63, 3.8) is 0 Å². The quantitative estimate of drug-likeness (QED) is 0.515. The van der Waals surface area contributed by atoms with Crippen molar-refractivity contribution >= 4 is 32.3 Å². The van der Waals surface area contributed by atoms with E-state index in [0.29, 0.717) is 15.9 Å². The van der Waals surface area contributed by atoms with Gasteiger partial charge in [0.25, 0.3) is 0 Å². The zero-order chi connectivity index (χ0) is 18.6. The molecule has 7 nitrogen and oxygen atoms in total. The number of sulfone groups is 1. The lowest BCUT2D eigenvalue weighted by atomic mass is 10.1. The van der Waals surface area contributed by atoms with Gasteiger partial charge in [-0.25, -0.2) is 13.4 Å². The Labute approximate surface area is 160 Å². The molecule has 3 aromatic heterocycles. The van der Waals surface area contributed by atoms with Crippen molar-refractivity contribution in [1.29, 1.82) is 0 Å². The molecule has 0 unspecified atom stereocenters. The van der Waals surface area contributed by atoms with E-state index < -0.39 is 9.84 Å². The first-order valence-electron chi connectivity index (χ1n) is 8.63. The molecule has 0 atom stereocenters. The van der Waals surface area contributed by atoms with Crippen molar-refractivity contribution in [1.82, 2.24) is 23.7 Å². The summed E-state index contributed by atoms with van der Waals surface area (Å²) in [6.07, 6.45) is 9.74. The highest BCUT2D eigenvalue weighted by Crippen LogP contribution is 2.37. The van der Waals surface area contributed by atoms with Crippen molar-refractivity contribution in [3.05, 3.63) is 48.1 Å². The van der Waals surface area contributed by atoms with E-state index in [1.54, 1.807) is 12.1 Å². The SMILES string of the molecule is Cn1cc(-c2cnn(C3CC3)c2)c2ccc(S(=O)(=O)Cc3ncns3)cc21. The van der Waals surface area contributed by atoms with Gasteiger partial charge in [0.05, 0.1) is 17.1 Å². The molecule has 1 fully saturated rings. The number of benzene rings is 1. The average Bonchev–Trinajstić information content (AvgIpc) is 3.05. The van der Waals surface area contributed by atoms with Crippen LogP contribution in [0.5, 0.6) is 0 Å². The van der Waals surface area contributed by atoms with Crippen LogP contribution in [0.2, 0.25) is 0 Å². The minimum absolute atomic E-state index is 0.130. The standard InChI is InChI=1S/C18H17N5O2S2/c1-22-9-16(12-7-20-23(8-12)13-2-3-13)15-5-4-14(6-17(15)22)27(24,25)10-18-19-11-21-26-18/h4-9,11,13H,2-3,10H2,1H3. The second-order valence-corrected chi connectivity index (χ2v) is 9.72. The Morgan fingerprint density at radius 1 is 1.26 bits per heavy atom. The average molecular weight is 400 g/mol. The molecule has 27 heavy (non-hydrogen) atoms. The van der Waals surface area contributed by atoms with Gasteiger partial charge >= 0.3 is 0 Å². The molecule has 138 valence electrons. The number of aromatic nitrogens is 5. The van der Waals surface area contributed by atoms with Crippen molar-refractivity contribution in [2.24, 2.45) is 7.05 Å². The van der Waals surface area contributed by atoms with Crippen LogP contribution in [-0.2, 0) is 22.6 Å². The smallest absolute Gasteiger partial charge is 0.185 e. The minimum Gasteiger partial charge on any atom is -0.350 e. The summed E-state index contributed by atoms with van der Waals surface area (Å²) >= 11 is 1.11. The van der Waals surface area contributed by atoms with E-state index in [4.69, 9.17) is 0 Å². The molecule has 1 saturated carbocycles. The summed E-state index contributed by atoms with van der Waals surface area (Å²) in [6.45, 7) is 0. The van der Waals surface area contributed by atoms with Gasteiger partial charge in [-0.3, -0.25) is 4.68 Å². The van der Waals surface area contributed by atoms with Crippen LogP contribution >= 0.6 is 11.5 Å². The lowest BCUT2D eigenvalue weighted by Crippen LogP contribution is -2.04. The molecule has 1 aliphatic carbocycles. The van der Waals surface area contributed by atoms with Gasteiger partial charge in [0.15, 0.2) is 9.84 Å². The Morgan fingerprint density at radius 2 is 2.11 bits per heavy atom. The summed E-state index contributed by atoms with van der Waals surface area (Å²) in [5.41, 5.74) is 2.99. The Bertz CT molecular complexity index is 1230. The second-order valence-electron chi connectivity index (χ2n) is 6.87. The van der Waals surface area contributed by atoms with E-state index in [9.17, 15) is 8.42 Å². The molecule has 0 spiro atoms. The zero-order valence-electron chi connectivity index (χ0n) is 14.6. The van der Waals surface area contributed by atoms with Gasteiger partial charge in [0.1, 0.15) is 17.1 Å². The first-order chi connectivity index (χ1) is 13.0. The fourth-order valence-electron chi connectivity index (χ4n) is 3.31. The molecular formula is C18H17N5O2S2. The van der Waals surface area contributed by atoms with Gasteiger partial charge in [-0.1, -0.05) is 6.07 Å². The number of hydrogen-bond acceptors (Lipinski definition) is 6. The summed E-state index contributed by atoms with van der Waals surface area (Å²) < 4.78 is 33.3. The first kappa shape index (κ1) is 16.6. The van der Waals surface area contributed by atoms with E-state index in [1.807, 2.05) is 34.8 Å². The van der Waals surface area contributed by atoms with Crippen molar-refractivity contribution in [2.75, 3.05) is 0 Å². The fourth-order valence-corrected chi connectivity index (χ4v) is 5.43. The molecule has 0 amide bonds. The monoisotopic (exact) mass is 399 g/mol. The van der Waals surface area contributed by atoms with Crippen LogP contribution in [0.15, 0.2) is 48.0 Å². The highest BCUT2D eigenvalue weighted by Gasteiger charge is 2.25. The summed E-state index contributed by atoms with van der Waals surface area (Å²) in [7, 11) is -1.54. The molecule has 0 bridgehead atoms. The maximum atomic E-state index is 12.7. The third-order valence-corrected chi connectivity index (χ3v) is 7.34. The topological polar surface area (TPSA) is 82.7 Å². The molecule has 3 heterocycles. The highest BCUT2D eigenvalue weighted by molar-refractivity contribution is 7.90. The van der Waals surface area contributed by atoms with Crippen LogP contribution in [-0.4, -0.2) is 32.1 Å². The Morgan fingerprint density at radius 3 is 2.85 bits per heavy atom. The van der Waals surface area contributed by atoms with Crippen molar-refractivity contribution < 1.29 is 8.42 Å².